The van der Waals surface area contributed by atoms with Gasteiger partial charge in [0.05, 0.1) is 0 Å². The summed E-state index contributed by atoms with van der Waals surface area (Å²) in [6.45, 7) is 11.2. The average molecular weight is 182 g/mol. The van der Waals surface area contributed by atoms with Crippen molar-refractivity contribution in [3.05, 3.63) is 73.4 Å². The lowest BCUT2D eigenvalue weighted by Crippen LogP contribution is -1.84. The van der Waals surface area contributed by atoms with Crippen LogP contribution in [-0.2, 0) is 0 Å². The quantitative estimate of drug-likeness (QED) is 0.615. The van der Waals surface area contributed by atoms with Crippen LogP contribution in [0.4, 0.5) is 0 Å². The molecule has 0 nitrogen and oxygen atoms in total. The van der Waals surface area contributed by atoms with Gasteiger partial charge >= 0.3 is 0 Å². The lowest BCUT2D eigenvalue weighted by Gasteiger charge is -2.05. The van der Waals surface area contributed by atoms with Crippen molar-refractivity contribution in [2.45, 2.75) is 0 Å². The van der Waals surface area contributed by atoms with Crippen molar-refractivity contribution in [2.75, 3.05) is 0 Å². The van der Waals surface area contributed by atoms with E-state index < -0.39 is 0 Å². The highest BCUT2D eigenvalue weighted by Crippen LogP contribution is 2.20. The van der Waals surface area contributed by atoms with E-state index in [2.05, 4.69) is 19.7 Å². The summed E-state index contributed by atoms with van der Waals surface area (Å²) in [5, 5.41) is 0. The zero-order chi connectivity index (χ0) is 10.4. The molecule has 0 amide bonds. The summed E-state index contributed by atoms with van der Waals surface area (Å²) in [6, 6.07) is 8.08. The zero-order valence-corrected chi connectivity index (χ0v) is 8.24. The van der Waals surface area contributed by atoms with Gasteiger partial charge < -0.3 is 0 Å². The topological polar surface area (TPSA) is 0 Å². The molecule has 0 atom stereocenters. The summed E-state index contributed by atoms with van der Waals surface area (Å²) in [6.07, 6.45) is 7.37. The summed E-state index contributed by atoms with van der Waals surface area (Å²) in [5.74, 6) is 0. The van der Waals surface area contributed by atoms with E-state index in [-0.39, 0.29) is 0 Å². The molecular weight excluding hydrogens is 168 g/mol. The Morgan fingerprint density at radius 2 is 1.79 bits per heavy atom. The molecule has 0 radical (unpaired) electrons. The van der Waals surface area contributed by atoms with Gasteiger partial charge in [0, 0.05) is 0 Å². The van der Waals surface area contributed by atoms with Crippen LogP contribution in [-0.4, -0.2) is 0 Å². The fraction of sp³-hybridized carbons (Fsp3) is 0. The monoisotopic (exact) mass is 182 g/mol. The Morgan fingerprint density at radius 1 is 1.07 bits per heavy atom. The second-order valence-electron chi connectivity index (χ2n) is 2.85. The Bertz CT molecular complexity index is 381. The van der Waals surface area contributed by atoms with E-state index in [1.54, 1.807) is 6.08 Å². The first kappa shape index (κ1) is 10.3. The predicted molar refractivity (Wildman–Crippen MR) is 64.9 cm³/mol. The minimum absolute atomic E-state index is 1.07. The molecule has 0 saturated carbocycles. The van der Waals surface area contributed by atoms with Crippen molar-refractivity contribution in [1.29, 1.82) is 0 Å². The molecule has 0 unspecified atom stereocenters. The first-order valence-electron chi connectivity index (χ1n) is 4.50. The smallest absolute Gasteiger partial charge is 0.0112 e. The maximum atomic E-state index is 3.78. The van der Waals surface area contributed by atoms with Crippen LogP contribution in [0.5, 0.6) is 0 Å². The molecule has 0 fully saturated rings. The Balaban J connectivity index is 3.28. The van der Waals surface area contributed by atoms with Crippen LogP contribution < -0.4 is 0 Å². The molecule has 14 heavy (non-hydrogen) atoms. The number of benzene rings is 1. The van der Waals surface area contributed by atoms with Crippen LogP contribution in [0.3, 0.4) is 0 Å². The predicted octanol–water partition coefficient (Wildman–Crippen LogP) is 4.09. The fourth-order valence-electron chi connectivity index (χ4n) is 1.33. The highest BCUT2D eigenvalue weighted by molar-refractivity contribution is 5.80. The first-order valence-corrected chi connectivity index (χ1v) is 4.50. The van der Waals surface area contributed by atoms with Gasteiger partial charge in [0.1, 0.15) is 0 Å². The molecular formula is C14H14. The Kier molecular flexibility index (Phi) is 3.69. The van der Waals surface area contributed by atoms with Gasteiger partial charge in [-0.15, -0.1) is 0 Å². The summed E-state index contributed by atoms with van der Waals surface area (Å²) in [7, 11) is 0. The number of rotatable bonds is 4. The van der Waals surface area contributed by atoms with Crippen molar-refractivity contribution in [2.24, 2.45) is 0 Å². The molecule has 0 N–H and O–H groups in total. The third-order valence-corrected chi connectivity index (χ3v) is 2.01. The highest BCUT2D eigenvalue weighted by atomic mass is 14.0. The largest absolute Gasteiger partial charge is 0.0990 e. The van der Waals surface area contributed by atoms with Crippen LogP contribution in [0.2, 0.25) is 0 Å². The molecule has 1 rings (SSSR count). The SMILES string of the molecule is C=C/C=C(\C=C)c1ccccc1C=C. The van der Waals surface area contributed by atoms with Gasteiger partial charge in [0.25, 0.3) is 0 Å². The van der Waals surface area contributed by atoms with E-state index in [4.69, 9.17) is 0 Å². The molecule has 0 aliphatic heterocycles. The molecule has 0 heterocycles. The van der Waals surface area contributed by atoms with Gasteiger partial charge in [-0.1, -0.05) is 68.3 Å². The van der Waals surface area contributed by atoms with E-state index in [9.17, 15) is 0 Å². The molecule has 0 bridgehead atoms. The van der Waals surface area contributed by atoms with Crippen LogP contribution in [0.1, 0.15) is 11.1 Å². The van der Waals surface area contributed by atoms with E-state index in [0.29, 0.717) is 0 Å². The molecule has 1 aromatic carbocycles. The van der Waals surface area contributed by atoms with E-state index in [1.807, 2.05) is 42.5 Å². The molecule has 70 valence electrons. The third kappa shape index (κ3) is 2.11. The normalized spacial score (nSPS) is 10.7. The maximum Gasteiger partial charge on any atom is -0.0112 e. The number of allylic oxidation sites excluding steroid dienone is 4. The van der Waals surface area contributed by atoms with Gasteiger partial charge in [-0.25, -0.2) is 0 Å². The van der Waals surface area contributed by atoms with Gasteiger partial charge in [-0.3, -0.25) is 0 Å². The van der Waals surface area contributed by atoms with Crippen molar-refractivity contribution >= 4 is 11.6 Å². The Morgan fingerprint density at radius 3 is 2.36 bits per heavy atom. The van der Waals surface area contributed by atoms with E-state index >= 15 is 0 Å². The number of hydrogen-bond acceptors (Lipinski definition) is 0. The van der Waals surface area contributed by atoms with Gasteiger partial charge in [-0.2, -0.15) is 0 Å². The fourth-order valence-corrected chi connectivity index (χ4v) is 1.33. The van der Waals surface area contributed by atoms with Crippen molar-refractivity contribution < 1.29 is 0 Å². The van der Waals surface area contributed by atoms with E-state index in [1.165, 1.54) is 0 Å². The molecule has 0 spiro atoms. The second-order valence-corrected chi connectivity index (χ2v) is 2.85. The van der Waals surface area contributed by atoms with Crippen molar-refractivity contribution in [3.63, 3.8) is 0 Å². The summed E-state index contributed by atoms with van der Waals surface area (Å²) < 4.78 is 0. The Hall–Kier alpha value is -1.82. The van der Waals surface area contributed by atoms with Crippen LogP contribution in [0.15, 0.2) is 62.2 Å². The van der Waals surface area contributed by atoms with E-state index in [0.717, 1.165) is 16.7 Å². The van der Waals surface area contributed by atoms with Crippen molar-refractivity contribution in [1.82, 2.24) is 0 Å². The Labute approximate surface area is 85.6 Å². The average Bonchev–Trinajstić information content (AvgIpc) is 2.26. The first-order chi connectivity index (χ1) is 6.83. The molecule has 0 aliphatic carbocycles. The zero-order valence-electron chi connectivity index (χ0n) is 8.24. The third-order valence-electron chi connectivity index (χ3n) is 2.01. The highest BCUT2D eigenvalue weighted by Gasteiger charge is 1.99. The molecule has 0 aliphatic rings. The number of hydrogen-bond donors (Lipinski definition) is 0. The lowest BCUT2D eigenvalue weighted by atomic mass is 9.99. The van der Waals surface area contributed by atoms with Gasteiger partial charge in [0.2, 0.25) is 0 Å². The molecule has 0 saturated heterocycles. The van der Waals surface area contributed by atoms with Crippen molar-refractivity contribution in [3.8, 4) is 0 Å². The van der Waals surface area contributed by atoms with Crippen LogP contribution in [0, 0.1) is 0 Å². The lowest BCUT2D eigenvalue weighted by molar-refractivity contribution is 1.58. The summed E-state index contributed by atoms with van der Waals surface area (Å²) >= 11 is 0. The van der Waals surface area contributed by atoms with Gasteiger partial charge in [0.15, 0.2) is 0 Å². The molecule has 0 aromatic heterocycles. The van der Waals surface area contributed by atoms with Gasteiger partial charge in [-0.05, 0) is 16.7 Å². The van der Waals surface area contributed by atoms with Crippen LogP contribution >= 0.6 is 0 Å². The molecule has 1 aromatic rings. The van der Waals surface area contributed by atoms with Crippen LogP contribution in [0.25, 0.3) is 11.6 Å². The minimum atomic E-state index is 1.07. The maximum absolute atomic E-state index is 3.78. The second kappa shape index (κ2) is 5.03. The summed E-state index contributed by atoms with van der Waals surface area (Å²) in [5.41, 5.74) is 3.31. The molecule has 0 heteroatoms. The minimum Gasteiger partial charge on any atom is -0.0990 e. The summed E-state index contributed by atoms with van der Waals surface area (Å²) in [4.78, 5) is 0. The standard InChI is InChI=1S/C14H14/c1-4-9-12(5-2)14-11-8-7-10-13(14)6-3/h4-11H,1-3H2/b12-9+.